The first kappa shape index (κ1) is 20.8. The highest BCUT2D eigenvalue weighted by molar-refractivity contribution is 6.07. The highest BCUT2D eigenvalue weighted by atomic mass is 19.1. The molecule has 0 bridgehead atoms. The van der Waals surface area contributed by atoms with Crippen molar-refractivity contribution in [1.82, 2.24) is 15.1 Å². The van der Waals surface area contributed by atoms with E-state index in [0.29, 0.717) is 12.1 Å². The summed E-state index contributed by atoms with van der Waals surface area (Å²) < 4.78 is 18.4. The van der Waals surface area contributed by atoms with Crippen LogP contribution in [0.25, 0.3) is 10.8 Å². The number of carbonyl (C=O) groups excluding carboxylic acids is 2. The Balaban J connectivity index is 1.53. The van der Waals surface area contributed by atoms with Crippen LogP contribution in [0.5, 0.6) is 5.75 Å². The van der Waals surface area contributed by atoms with E-state index >= 15 is 0 Å². The summed E-state index contributed by atoms with van der Waals surface area (Å²) in [5.74, 6) is 0.147. The van der Waals surface area contributed by atoms with Crippen molar-refractivity contribution in [2.24, 2.45) is 0 Å². The number of benzene rings is 3. The fourth-order valence-electron chi connectivity index (χ4n) is 3.88. The van der Waals surface area contributed by atoms with E-state index in [-0.39, 0.29) is 18.4 Å². The van der Waals surface area contributed by atoms with Gasteiger partial charge in [0, 0.05) is 6.54 Å². The summed E-state index contributed by atoms with van der Waals surface area (Å²) in [5, 5.41) is 4.78. The summed E-state index contributed by atoms with van der Waals surface area (Å²) in [7, 11) is 3.42. The lowest BCUT2D eigenvalue weighted by Crippen LogP contribution is -2.42. The van der Waals surface area contributed by atoms with Crippen LogP contribution in [-0.4, -0.2) is 42.6 Å². The molecule has 1 saturated heterocycles. The number of methoxy groups -OCH3 is 1. The van der Waals surface area contributed by atoms with Crippen molar-refractivity contribution in [3.05, 3.63) is 77.6 Å². The smallest absolute Gasteiger partial charge is 0.326 e. The number of urea groups is 1. The van der Waals surface area contributed by atoms with Crippen LogP contribution in [0.3, 0.4) is 0 Å². The molecule has 3 amide bonds. The van der Waals surface area contributed by atoms with Crippen molar-refractivity contribution >= 4 is 22.7 Å². The third-order valence-electron chi connectivity index (χ3n) is 5.65. The number of hydrogen-bond acceptors (Lipinski definition) is 4. The van der Waals surface area contributed by atoms with Crippen molar-refractivity contribution in [1.29, 1.82) is 0 Å². The van der Waals surface area contributed by atoms with Gasteiger partial charge in [-0.05, 0) is 66.2 Å². The molecule has 0 spiro atoms. The zero-order chi connectivity index (χ0) is 22.2. The van der Waals surface area contributed by atoms with Crippen molar-refractivity contribution < 1.29 is 18.7 Å². The van der Waals surface area contributed by atoms with E-state index in [4.69, 9.17) is 4.74 Å². The topological polar surface area (TPSA) is 61.9 Å². The Hall–Kier alpha value is -3.45. The second kappa shape index (κ2) is 8.00. The summed E-state index contributed by atoms with van der Waals surface area (Å²) >= 11 is 0. The molecule has 7 heteroatoms. The number of carbonyl (C=O) groups is 2. The minimum absolute atomic E-state index is 0.127. The molecule has 0 radical (unpaired) electrons. The highest BCUT2D eigenvalue weighted by Gasteiger charge is 2.49. The molecule has 0 unspecified atom stereocenters. The molecule has 160 valence electrons. The second-order valence-electron chi connectivity index (χ2n) is 8.00. The van der Waals surface area contributed by atoms with Crippen LogP contribution in [-0.2, 0) is 16.9 Å². The maximum atomic E-state index is 13.3. The third kappa shape index (κ3) is 3.96. The molecule has 1 aliphatic rings. The summed E-state index contributed by atoms with van der Waals surface area (Å²) in [6.45, 7) is 2.33. The Labute approximate surface area is 180 Å². The van der Waals surface area contributed by atoms with Crippen molar-refractivity contribution in [3.63, 3.8) is 0 Å². The van der Waals surface area contributed by atoms with Crippen LogP contribution in [0.15, 0.2) is 60.7 Å². The maximum Gasteiger partial charge on any atom is 0.326 e. The highest BCUT2D eigenvalue weighted by Crippen LogP contribution is 2.32. The van der Waals surface area contributed by atoms with E-state index in [9.17, 15) is 14.0 Å². The molecule has 4 rings (SSSR count). The second-order valence-corrected chi connectivity index (χ2v) is 8.00. The number of nitrogens with zero attached hydrogens (tertiary/aromatic N) is 2. The molecule has 0 aliphatic carbocycles. The van der Waals surface area contributed by atoms with Crippen LogP contribution in [0, 0.1) is 5.82 Å². The molecule has 3 aromatic rings. The molecule has 1 aliphatic heterocycles. The van der Waals surface area contributed by atoms with Gasteiger partial charge in [0.2, 0.25) is 0 Å². The zero-order valence-corrected chi connectivity index (χ0v) is 17.7. The van der Waals surface area contributed by atoms with E-state index in [1.54, 1.807) is 26.2 Å². The van der Waals surface area contributed by atoms with Crippen LogP contribution in [0.2, 0.25) is 0 Å². The minimum atomic E-state index is -1.15. The SMILES string of the molecule is COc1ccc2cc([C@]3(C)NC(=O)N(CN(C)Cc4ccc(F)cc4)C3=O)ccc2c1. The summed E-state index contributed by atoms with van der Waals surface area (Å²) in [4.78, 5) is 29.0. The van der Waals surface area contributed by atoms with Crippen LogP contribution in [0.4, 0.5) is 9.18 Å². The van der Waals surface area contributed by atoms with Gasteiger partial charge in [-0.15, -0.1) is 0 Å². The standard InChI is InChI=1S/C24H24FN3O3/c1-24(19-8-6-18-13-21(31-3)11-7-17(18)12-19)22(29)28(23(30)26-24)15-27(2)14-16-4-9-20(25)10-5-16/h4-13H,14-15H2,1-3H3,(H,26,30)/t24-/m0/s1. The molecule has 31 heavy (non-hydrogen) atoms. The number of rotatable bonds is 6. The lowest BCUT2D eigenvalue weighted by Gasteiger charge is -2.25. The molecule has 0 aromatic heterocycles. The number of imide groups is 1. The number of ether oxygens (including phenoxy) is 1. The third-order valence-corrected chi connectivity index (χ3v) is 5.65. The molecular weight excluding hydrogens is 397 g/mol. The van der Waals surface area contributed by atoms with Gasteiger partial charge in [0.15, 0.2) is 0 Å². The lowest BCUT2D eigenvalue weighted by atomic mass is 9.90. The van der Waals surface area contributed by atoms with Gasteiger partial charge in [0.05, 0.1) is 13.8 Å². The van der Waals surface area contributed by atoms with E-state index in [2.05, 4.69) is 5.32 Å². The van der Waals surface area contributed by atoms with Gasteiger partial charge in [-0.2, -0.15) is 0 Å². The number of hydrogen-bond donors (Lipinski definition) is 1. The Bertz CT molecular complexity index is 1150. The summed E-state index contributed by atoms with van der Waals surface area (Å²) in [5.41, 5.74) is 0.456. The molecule has 1 N–H and O–H groups in total. The Morgan fingerprint density at radius 2 is 1.71 bits per heavy atom. The van der Waals surface area contributed by atoms with Crippen LogP contribution < -0.4 is 10.1 Å². The number of nitrogens with one attached hydrogen (secondary N) is 1. The summed E-state index contributed by atoms with van der Waals surface area (Å²) in [6.07, 6.45) is 0. The number of halogens is 1. The van der Waals surface area contributed by atoms with E-state index in [1.807, 2.05) is 48.3 Å². The van der Waals surface area contributed by atoms with E-state index in [1.165, 1.54) is 17.0 Å². The van der Waals surface area contributed by atoms with Crippen LogP contribution in [0.1, 0.15) is 18.1 Å². The number of fused-ring (bicyclic) bond motifs is 1. The first-order valence-corrected chi connectivity index (χ1v) is 9.95. The van der Waals surface area contributed by atoms with Crippen molar-refractivity contribution in [3.8, 4) is 5.75 Å². The minimum Gasteiger partial charge on any atom is -0.497 e. The average molecular weight is 421 g/mol. The van der Waals surface area contributed by atoms with Gasteiger partial charge < -0.3 is 10.1 Å². The molecular formula is C24H24FN3O3. The Morgan fingerprint density at radius 3 is 2.42 bits per heavy atom. The Morgan fingerprint density at radius 1 is 1.03 bits per heavy atom. The maximum absolute atomic E-state index is 13.3. The van der Waals surface area contributed by atoms with Gasteiger partial charge in [0.1, 0.15) is 17.1 Å². The molecule has 1 fully saturated rings. The average Bonchev–Trinajstić information content (AvgIpc) is 2.98. The Kier molecular flexibility index (Phi) is 5.37. The monoisotopic (exact) mass is 421 g/mol. The first-order valence-electron chi connectivity index (χ1n) is 9.95. The van der Waals surface area contributed by atoms with Crippen molar-refractivity contribution in [2.75, 3.05) is 20.8 Å². The fraction of sp³-hybridized carbons (Fsp3) is 0.250. The van der Waals surface area contributed by atoms with Crippen LogP contribution >= 0.6 is 0 Å². The predicted octanol–water partition coefficient (Wildman–Crippen LogP) is 3.84. The fourth-order valence-corrected chi connectivity index (χ4v) is 3.88. The predicted molar refractivity (Wildman–Crippen MR) is 116 cm³/mol. The zero-order valence-electron chi connectivity index (χ0n) is 17.7. The van der Waals surface area contributed by atoms with Gasteiger partial charge in [0.25, 0.3) is 5.91 Å². The van der Waals surface area contributed by atoms with Crippen molar-refractivity contribution in [2.45, 2.75) is 19.0 Å². The largest absolute Gasteiger partial charge is 0.497 e. The van der Waals surface area contributed by atoms with E-state index < -0.39 is 11.6 Å². The van der Waals surface area contributed by atoms with Gasteiger partial charge in [-0.3, -0.25) is 9.69 Å². The molecule has 3 aromatic carbocycles. The molecule has 1 heterocycles. The summed E-state index contributed by atoms with van der Waals surface area (Å²) in [6, 6.07) is 17.1. The number of amides is 3. The lowest BCUT2D eigenvalue weighted by molar-refractivity contribution is -0.132. The van der Waals surface area contributed by atoms with Gasteiger partial charge in [-0.25, -0.2) is 14.1 Å². The normalized spacial score (nSPS) is 18.7. The molecule has 6 nitrogen and oxygen atoms in total. The van der Waals surface area contributed by atoms with E-state index in [0.717, 1.165) is 22.1 Å². The quantitative estimate of drug-likeness (QED) is 0.615. The van der Waals surface area contributed by atoms with Gasteiger partial charge in [-0.1, -0.05) is 30.3 Å². The first-order chi connectivity index (χ1) is 14.8. The molecule has 0 saturated carbocycles. The molecule has 1 atom stereocenters. The van der Waals surface area contributed by atoms with Gasteiger partial charge >= 0.3 is 6.03 Å².